The van der Waals surface area contributed by atoms with Crippen molar-refractivity contribution in [3.8, 4) is 5.75 Å². The van der Waals surface area contributed by atoms with Crippen LogP contribution in [-0.2, 0) is 13.0 Å². The molecule has 0 bridgehead atoms. The molecule has 6 heteroatoms. The van der Waals surface area contributed by atoms with Gasteiger partial charge in [-0.25, -0.2) is 4.39 Å². The first-order valence-corrected chi connectivity index (χ1v) is 6.50. The van der Waals surface area contributed by atoms with Crippen LogP contribution in [0.25, 0.3) is 0 Å². The van der Waals surface area contributed by atoms with E-state index in [1.165, 1.54) is 6.07 Å². The van der Waals surface area contributed by atoms with Gasteiger partial charge in [-0.3, -0.25) is 16.0 Å². The molecule has 0 saturated heterocycles. The minimum Gasteiger partial charge on any atom is -0.493 e. The van der Waals surface area contributed by atoms with Crippen LogP contribution in [0, 0.1) is 5.82 Å². The monoisotopic (exact) mass is 278 g/mol. The molecular weight excluding hydrogens is 259 g/mol. The molecule has 1 unspecified atom stereocenters. The number of aryl methyl sites for hydroxylation is 1. The summed E-state index contributed by atoms with van der Waals surface area (Å²) in [6.45, 7) is 2.67. The van der Waals surface area contributed by atoms with Crippen molar-refractivity contribution in [2.45, 2.75) is 25.9 Å². The highest BCUT2D eigenvalue weighted by molar-refractivity contribution is 5.30. The number of hydrogen-bond acceptors (Lipinski definition) is 4. The molecule has 0 aliphatic heterocycles. The van der Waals surface area contributed by atoms with Crippen LogP contribution in [0.3, 0.4) is 0 Å². The van der Waals surface area contributed by atoms with Gasteiger partial charge in [0.15, 0.2) is 5.75 Å². The topological polar surface area (TPSA) is 65.1 Å². The molecule has 5 nitrogen and oxygen atoms in total. The maximum atomic E-state index is 13.8. The molecule has 0 spiro atoms. The Morgan fingerprint density at radius 3 is 2.80 bits per heavy atom. The molecule has 1 aromatic heterocycles. The minimum absolute atomic E-state index is 0.241. The van der Waals surface area contributed by atoms with Gasteiger partial charge in [-0.05, 0) is 25.0 Å². The van der Waals surface area contributed by atoms with Gasteiger partial charge in [0.2, 0.25) is 0 Å². The zero-order valence-corrected chi connectivity index (χ0v) is 11.6. The fourth-order valence-corrected chi connectivity index (χ4v) is 2.26. The first-order chi connectivity index (χ1) is 9.71. The third-order valence-corrected chi connectivity index (χ3v) is 3.28. The predicted molar refractivity (Wildman–Crippen MR) is 74.6 cm³/mol. The minimum atomic E-state index is -0.274. The Morgan fingerprint density at radius 1 is 1.45 bits per heavy atom. The zero-order chi connectivity index (χ0) is 14.5. The summed E-state index contributed by atoms with van der Waals surface area (Å²) in [5.41, 5.74) is 4.14. The summed E-state index contributed by atoms with van der Waals surface area (Å²) in [5.74, 6) is 6.04. The van der Waals surface area contributed by atoms with E-state index >= 15 is 0 Å². The molecule has 1 atom stereocenters. The molecule has 0 radical (unpaired) electrons. The van der Waals surface area contributed by atoms with Gasteiger partial charge < -0.3 is 4.74 Å². The highest BCUT2D eigenvalue weighted by atomic mass is 19.1. The molecule has 108 valence electrons. The standard InChI is InChI=1S/C14H19FN4O/c1-3-19-14(13(20-2)9-17-19)12(18-16)8-10-6-4-5-7-11(10)15/h4-7,9,12,18H,3,8,16H2,1-2H3. The summed E-state index contributed by atoms with van der Waals surface area (Å²) in [4.78, 5) is 0. The third-order valence-electron chi connectivity index (χ3n) is 3.28. The molecule has 2 rings (SSSR count). The molecular formula is C14H19FN4O. The van der Waals surface area contributed by atoms with E-state index in [0.717, 1.165) is 5.69 Å². The van der Waals surface area contributed by atoms with Gasteiger partial charge in [-0.1, -0.05) is 18.2 Å². The van der Waals surface area contributed by atoms with E-state index in [-0.39, 0.29) is 11.9 Å². The molecule has 0 saturated carbocycles. The van der Waals surface area contributed by atoms with Crippen molar-refractivity contribution in [1.29, 1.82) is 0 Å². The van der Waals surface area contributed by atoms with Crippen molar-refractivity contribution in [3.63, 3.8) is 0 Å². The van der Waals surface area contributed by atoms with Crippen LogP contribution >= 0.6 is 0 Å². The molecule has 0 aliphatic rings. The number of nitrogens with two attached hydrogens (primary N) is 1. The van der Waals surface area contributed by atoms with Gasteiger partial charge in [0.05, 0.1) is 25.0 Å². The summed E-state index contributed by atoms with van der Waals surface area (Å²) in [7, 11) is 1.58. The Bertz CT molecular complexity index is 549. The number of hydrazine groups is 1. The second-order valence-corrected chi connectivity index (χ2v) is 4.43. The number of benzene rings is 1. The normalized spacial score (nSPS) is 12.4. The van der Waals surface area contributed by atoms with E-state index in [1.807, 2.05) is 6.92 Å². The number of methoxy groups -OCH3 is 1. The van der Waals surface area contributed by atoms with E-state index in [0.29, 0.717) is 24.3 Å². The number of halogens is 1. The van der Waals surface area contributed by atoms with Crippen LogP contribution < -0.4 is 16.0 Å². The third kappa shape index (κ3) is 2.81. The summed E-state index contributed by atoms with van der Waals surface area (Å²) >= 11 is 0. The van der Waals surface area contributed by atoms with E-state index in [4.69, 9.17) is 10.6 Å². The van der Waals surface area contributed by atoms with Gasteiger partial charge in [0, 0.05) is 6.54 Å². The van der Waals surface area contributed by atoms with Crippen molar-refractivity contribution in [1.82, 2.24) is 15.2 Å². The van der Waals surface area contributed by atoms with E-state index < -0.39 is 0 Å². The quantitative estimate of drug-likeness (QED) is 0.624. The van der Waals surface area contributed by atoms with Crippen LogP contribution in [0.5, 0.6) is 5.75 Å². The summed E-state index contributed by atoms with van der Waals surface area (Å²) in [6, 6.07) is 6.39. The predicted octanol–water partition coefficient (Wildman–Crippen LogP) is 1.80. The Balaban J connectivity index is 2.33. The average molecular weight is 278 g/mol. The molecule has 0 aliphatic carbocycles. The maximum Gasteiger partial charge on any atom is 0.161 e. The van der Waals surface area contributed by atoms with Crippen LogP contribution in [0.4, 0.5) is 4.39 Å². The summed E-state index contributed by atoms with van der Waals surface area (Å²) in [5, 5.41) is 4.24. The van der Waals surface area contributed by atoms with Crippen molar-refractivity contribution in [3.05, 3.63) is 47.5 Å². The second-order valence-electron chi connectivity index (χ2n) is 4.43. The lowest BCUT2D eigenvalue weighted by atomic mass is 10.0. The lowest BCUT2D eigenvalue weighted by Gasteiger charge is -2.19. The van der Waals surface area contributed by atoms with Crippen molar-refractivity contribution in [2.75, 3.05) is 7.11 Å². The molecule has 0 fully saturated rings. The Labute approximate surface area is 117 Å². The largest absolute Gasteiger partial charge is 0.493 e. The number of rotatable bonds is 6. The van der Waals surface area contributed by atoms with E-state index in [2.05, 4.69) is 10.5 Å². The zero-order valence-electron chi connectivity index (χ0n) is 11.6. The van der Waals surface area contributed by atoms with Gasteiger partial charge >= 0.3 is 0 Å². The fraction of sp³-hybridized carbons (Fsp3) is 0.357. The van der Waals surface area contributed by atoms with E-state index in [1.54, 1.807) is 36.2 Å². The number of nitrogens with one attached hydrogen (secondary N) is 1. The number of nitrogens with zero attached hydrogens (tertiary/aromatic N) is 2. The smallest absolute Gasteiger partial charge is 0.161 e. The Kier molecular flexibility index (Phi) is 4.70. The Hall–Kier alpha value is -1.92. The van der Waals surface area contributed by atoms with Crippen molar-refractivity contribution < 1.29 is 9.13 Å². The van der Waals surface area contributed by atoms with Gasteiger partial charge in [0.25, 0.3) is 0 Å². The molecule has 3 N–H and O–H groups in total. The average Bonchev–Trinajstić information content (AvgIpc) is 2.89. The highest BCUT2D eigenvalue weighted by Crippen LogP contribution is 2.27. The van der Waals surface area contributed by atoms with Crippen LogP contribution in [0.1, 0.15) is 24.2 Å². The van der Waals surface area contributed by atoms with Gasteiger partial charge in [0.1, 0.15) is 5.82 Å². The number of aromatic nitrogens is 2. The maximum absolute atomic E-state index is 13.8. The molecule has 1 aromatic carbocycles. The van der Waals surface area contributed by atoms with E-state index in [9.17, 15) is 4.39 Å². The molecule has 2 aromatic rings. The van der Waals surface area contributed by atoms with Gasteiger partial charge in [-0.15, -0.1) is 0 Å². The number of hydrogen-bond donors (Lipinski definition) is 2. The van der Waals surface area contributed by atoms with Crippen molar-refractivity contribution in [2.24, 2.45) is 5.84 Å². The Morgan fingerprint density at radius 2 is 2.20 bits per heavy atom. The van der Waals surface area contributed by atoms with Crippen LogP contribution in [-0.4, -0.2) is 16.9 Å². The summed E-state index contributed by atoms with van der Waals surface area (Å²) in [6.07, 6.45) is 2.07. The lowest BCUT2D eigenvalue weighted by Crippen LogP contribution is -2.32. The SMILES string of the molecule is CCn1ncc(OC)c1C(Cc1ccccc1F)NN. The fourth-order valence-electron chi connectivity index (χ4n) is 2.26. The summed E-state index contributed by atoms with van der Waals surface area (Å²) < 4.78 is 20.9. The number of ether oxygens (including phenoxy) is 1. The van der Waals surface area contributed by atoms with Gasteiger partial charge in [-0.2, -0.15) is 5.10 Å². The lowest BCUT2D eigenvalue weighted by molar-refractivity contribution is 0.390. The second kappa shape index (κ2) is 6.49. The molecule has 1 heterocycles. The first kappa shape index (κ1) is 14.5. The van der Waals surface area contributed by atoms with Crippen LogP contribution in [0.15, 0.2) is 30.5 Å². The van der Waals surface area contributed by atoms with Crippen molar-refractivity contribution >= 4 is 0 Å². The highest BCUT2D eigenvalue weighted by Gasteiger charge is 2.21. The molecule has 0 amide bonds. The first-order valence-electron chi connectivity index (χ1n) is 6.50. The molecule has 20 heavy (non-hydrogen) atoms. The van der Waals surface area contributed by atoms with Crippen LogP contribution in [0.2, 0.25) is 0 Å².